The van der Waals surface area contributed by atoms with Gasteiger partial charge in [-0.25, -0.2) is 0 Å². The van der Waals surface area contributed by atoms with Crippen LogP contribution in [0.2, 0.25) is 0 Å². The van der Waals surface area contributed by atoms with Gasteiger partial charge in [-0.1, -0.05) is 46.3 Å². The van der Waals surface area contributed by atoms with Crippen LogP contribution in [-0.2, 0) is 4.57 Å². The third-order valence-electron chi connectivity index (χ3n) is 1.74. The van der Waals surface area contributed by atoms with Crippen molar-refractivity contribution in [2.75, 3.05) is 5.33 Å². The lowest BCUT2D eigenvalue weighted by atomic mass is 10.2. The average molecular weight is 265 g/mol. The predicted molar refractivity (Wildman–Crippen MR) is 55.0 cm³/mol. The van der Waals surface area contributed by atoms with Crippen LogP contribution in [0, 0.1) is 0 Å². The largest absolute Gasteiger partial charge is 0.333 e. The molecule has 1 aromatic carbocycles. The first-order valence-electron chi connectivity index (χ1n) is 3.72. The van der Waals surface area contributed by atoms with Gasteiger partial charge < -0.3 is 9.79 Å². The maximum Gasteiger partial charge on any atom is 0.333 e. The van der Waals surface area contributed by atoms with Gasteiger partial charge in [0.2, 0.25) is 0 Å². The van der Waals surface area contributed by atoms with Gasteiger partial charge in [-0.3, -0.25) is 4.57 Å². The number of hydrogen-bond donors (Lipinski definition) is 2. The SMILES string of the molecule is O=P(O)(O)C(CBr)c1ccccc1. The van der Waals surface area contributed by atoms with E-state index in [9.17, 15) is 4.57 Å². The van der Waals surface area contributed by atoms with Crippen LogP contribution < -0.4 is 0 Å². The zero-order chi connectivity index (χ0) is 9.90. The second-order valence-electron chi connectivity index (χ2n) is 2.67. The van der Waals surface area contributed by atoms with Gasteiger partial charge in [-0.15, -0.1) is 0 Å². The molecule has 1 aromatic rings. The van der Waals surface area contributed by atoms with Crippen molar-refractivity contribution in [3.8, 4) is 0 Å². The van der Waals surface area contributed by atoms with Gasteiger partial charge >= 0.3 is 7.60 Å². The molecule has 0 saturated carbocycles. The van der Waals surface area contributed by atoms with Crippen molar-refractivity contribution in [3.05, 3.63) is 35.9 Å². The van der Waals surface area contributed by atoms with E-state index in [0.29, 0.717) is 5.56 Å². The highest BCUT2D eigenvalue weighted by Gasteiger charge is 2.28. The first kappa shape index (κ1) is 10.9. The molecule has 5 heteroatoms. The second kappa shape index (κ2) is 4.38. The van der Waals surface area contributed by atoms with Crippen molar-refractivity contribution in [2.24, 2.45) is 0 Å². The molecule has 0 saturated heterocycles. The Morgan fingerprint density at radius 2 is 1.85 bits per heavy atom. The summed E-state index contributed by atoms with van der Waals surface area (Å²) in [5.74, 6) is 0. The summed E-state index contributed by atoms with van der Waals surface area (Å²) in [4.78, 5) is 18.0. The Morgan fingerprint density at radius 1 is 1.31 bits per heavy atom. The minimum Gasteiger partial charge on any atom is -0.324 e. The summed E-state index contributed by atoms with van der Waals surface area (Å²) in [5.41, 5.74) is -0.0820. The topological polar surface area (TPSA) is 57.5 Å². The molecule has 0 radical (unpaired) electrons. The Labute approximate surface area is 85.1 Å². The smallest absolute Gasteiger partial charge is 0.324 e. The minimum atomic E-state index is -4.04. The lowest BCUT2D eigenvalue weighted by Gasteiger charge is -2.15. The van der Waals surface area contributed by atoms with E-state index in [1.807, 2.05) is 6.07 Å². The van der Waals surface area contributed by atoms with E-state index in [4.69, 9.17) is 9.79 Å². The number of alkyl halides is 1. The molecule has 0 aromatic heterocycles. The lowest BCUT2D eigenvalue weighted by Crippen LogP contribution is -2.00. The zero-order valence-electron chi connectivity index (χ0n) is 6.80. The summed E-state index contributed by atoms with van der Waals surface area (Å²) in [6.45, 7) is 0. The van der Waals surface area contributed by atoms with Crippen LogP contribution in [-0.4, -0.2) is 15.1 Å². The Kier molecular flexibility index (Phi) is 3.68. The second-order valence-corrected chi connectivity index (χ2v) is 5.12. The molecule has 0 bridgehead atoms. The molecule has 0 heterocycles. The fourth-order valence-electron chi connectivity index (χ4n) is 1.05. The Morgan fingerprint density at radius 3 is 2.23 bits per heavy atom. The van der Waals surface area contributed by atoms with Crippen LogP contribution in [0.1, 0.15) is 11.2 Å². The summed E-state index contributed by atoms with van der Waals surface area (Å²) in [7, 11) is -4.04. The van der Waals surface area contributed by atoms with Crippen LogP contribution in [0.4, 0.5) is 0 Å². The van der Waals surface area contributed by atoms with Crippen LogP contribution in [0.25, 0.3) is 0 Å². The summed E-state index contributed by atoms with van der Waals surface area (Å²) in [6, 6.07) is 8.77. The molecule has 13 heavy (non-hydrogen) atoms. The Bertz CT molecular complexity index is 308. The van der Waals surface area contributed by atoms with Gasteiger partial charge in [0.05, 0.1) is 5.66 Å². The molecule has 3 nitrogen and oxygen atoms in total. The monoisotopic (exact) mass is 264 g/mol. The Hall–Kier alpha value is -0.150. The molecule has 1 rings (SSSR count). The van der Waals surface area contributed by atoms with Crippen molar-refractivity contribution in [3.63, 3.8) is 0 Å². The average Bonchev–Trinajstić information content (AvgIpc) is 2.05. The van der Waals surface area contributed by atoms with E-state index in [2.05, 4.69) is 15.9 Å². The van der Waals surface area contributed by atoms with Gasteiger partial charge in [-0.2, -0.15) is 0 Å². The van der Waals surface area contributed by atoms with Crippen molar-refractivity contribution in [1.82, 2.24) is 0 Å². The summed E-state index contributed by atoms with van der Waals surface area (Å²) in [5, 5.41) is 0.265. The van der Waals surface area contributed by atoms with Crippen LogP contribution >= 0.6 is 23.5 Å². The van der Waals surface area contributed by atoms with Gasteiger partial charge in [-0.05, 0) is 5.56 Å². The van der Waals surface area contributed by atoms with E-state index in [0.717, 1.165) is 0 Å². The van der Waals surface area contributed by atoms with Crippen LogP contribution in [0.3, 0.4) is 0 Å². The molecule has 2 N–H and O–H groups in total. The van der Waals surface area contributed by atoms with Crippen molar-refractivity contribution >= 4 is 23.5 Å². The number of halogens is 1. The fraction of sp³-hybridized carbons (Fsp3) is 0.250. The van der Waals surface area contributed by atoms with E-state index in [1.54, 1.807) is 24.3 Å². The standard InChI is InChI=1S/C8H10BrO3P/c9-6-8(13(10,11)12)7-4-2-1-3-5-7/h1-5,8H,6H2,(H2,10,11,12). The third kappa shape index (κ3) is 2.92. The minimum absolute atomic E-state index is 0.265. The van der Waals surface area contributed by atoms with Crippen LogP contribution in [0.15, 0.2) is 30.3 Å². The predicted octanol–water partition coefficient (Wildman–Crippen LogP) is 2.30. The Balaban J connectivity index is 2.99. The van der Waals surface area contributed by atoms with Gasteiger partial charge in [0, 0.05) is 5.33 Å². The highest BCUT2D eigenvalue weighted by Crippen LogP contribution is 2.52. The molecule has 0 aliphatic carbocycles. The van der Waals surface area contributed by atoms with Crippen molar-refractivity contribution in [2.45, 2.75) is 5.66 Å². The lowest BCUT2D eigenvalue weighted by molar-refractivity contribution is 0.362. The van der Waals surface area contributed by atoms with E-state index in [-0.39, 0.29) is 5.33 Å². The summed E-state index contributed by atoms with van der Waals surface area (Å²) in [6.07, 6.45) is 0. The van der Waals surface area contributed by atoms with E-state index >= 15 is 0 Å². The molecule has 0 fully saturated rings. The number of hydrogen-bond acceptors (Lipinski definition) is 1. The highest BCUT2D eigenvalue weighted by molar-refractivity contribution is 9.09. The first-order chi connectivity index (χ1) is 6.05. The molecule has 72 valence electrons. The van der Waals surface area contributed by atoms with E-state index < -0.39 is 13.3 Å². The van der Waals surface area contributed by atoms with Gasteiger partial charge in [0.25, 0.3) is 0 Å². The normalized spacial score (nSPS) is 14.1. The molecule has 0 aliphatic rings. The highest BCUT2D eigenvalue weighted by atomic mass is 79.9. The third-order valence-corrected chi connectivity index (χ3v) is 4.18. The molecule has 0 spiro atoms. The molecular formula is C8H10BrO3P. The van der Waals surface area contributed by atoms with E-state index in [1.165, 1.54) is 0 Å². The summed E-state index contributed by atoms with van der Waals surface area (Å²) >= 11 is 3.10. The number of benzene rings is 1. The maximum absolute atomic E-state index is 11.0. The zero-order valence-corrected chi connectivity index (χ0v) is 9.28. The molecule has 1 atom stereocenters. The molecule has 0 amide bonds. The quantitative estimate of drug-likeness (QED) is 0.651. The summed E-state index contributed by atoms with van der Waals surface area (Å²) < 4.78 is 11.0. The number of rotatable bonds is 3. The molecule has 1 unspecified atom stereocenters. The molecular weight excluding hydrogens is 255 g/mol. The van der Waals surface area contributed by atoms with Crippen molar-refractivity contribution < 1.29 is 14.4 Å². The van der Waals surface area contributed by atoms with Gasteiger partial charge in [0.15, 0.2) is 0 Å². The van der Waals surface area contributed by atoms with Crippen molar-refractivity contribution in [1.29, 1.82) is 0 Å². The van der Waals surface area contributed by atoms with Gasteiger partial charge in [0.1, 0.15) is 0 Å². The maximum atomic E-state index is 11.0. The first-order valence-corrected chi connectivity index (χ1v) is 6.52. The fourth-order valence-corrected chi connectivity index (χ4v) is 3.29. The van der Waals surface area contributed by atoms with Crippen LogP contribution in [0.5, 0.6) is 0 Å². The molecule has 0 aliphatic heterocycles.